The highest BCUT2D eigenvalue weighted by Crippen LogP contribution is 2.18. The minimum absolute atomic E-state index is 0.822. The van der Waals surface area contributed by atoms with Crippen molar-refractivity contribution < 1.29 is 0 Å². The molecule has 0 saturated carbocycles. The minimum atomic E-state index is 0.822. The maximum absolute atomic E-state index is 4.66. The van der Waals surface area contributed by atoms with Crippen LogP contribution in [0, 0.1) is 13.8 Å². The van der Waals surface area contributed by atoms with Crippen LogP contribution in [0.2, 0.25) is 0 Å². The highest BCUT2D eigenvalue weighted by Gasteiger charge is 2.17. The number of benzene rings is 2. The van der Waals surface area contributed by atoms with Gasteiger partial charge in [0.1, 0.15) is 11.7 Å². The highest BCUT2D eigenvalue weighted by molar-refractivity contribution is 6.05. The number of aliphatic imine (C=N–C) groups is 2. The SMILES string of the molecule is Cc1ccc2c(c1)C(NNC1=NCCc3ccc(C)cc31)=NCC2. The Balaban J connectivity index is 1.57. The fraction of sp³-hybridized carbons (Fsp3) is 0.300. The van der Waals surface area contributed by atoms with Crippen LogP contribution in [0.5, 0.6) is 0 Å². The highest BCUT2D eigenvalue weighted by atomic mass is 15.4. The van der Waals surface area contributed by atoms with Crippen molar-refractivity contribution >= 4 is 11.7 Å². The number of aryl methyl sites for hydroxylation is 2. The van der Waals surface area contributed by atoms with Gasteiger partial charge in [0.2, 0.25) is 0 Å². The van der Waals surface area contributed by atoms with E-state index in [1.54, 1.807) is 0 Å². The van der Waals surface area contributed by atoms with Crippen LogP contribution in [0.4, 0.5) is 0 Å². The molecule has 2 heterocycles. The first-order chi connectivity index (χ1) is 11.7. The molecule has 0 radical (unpaired) electrons. The lowest BCUT2D eigenvalue weighted by molar-refractivity contribution is 0.809. The van der Waals surface area contributed by atoms with E-state index in [1.165, 1.54) is 33.4 Å². The van der Waals surface area contributed by atoms with Crippen molar-refractivity contribution in [3.63, 3.8) is 0 Å². The zero-order valence-electron chi connectivity index (χ0n) is 14.2. The Bertz CT molecular complexity index is 777. The largest absolute Gasteiger partial charge is 0.283 e. The molecule has 0 amide bonds. The average molecular weight is 318 g/mol. The number of fused-ring (bicyclic) bond motifs is 2. The Morgan fingerprint density at radius 1 is 0.708 bits per heavy atom. The van der Waals surface area contributed by atoms with E-state index < -0.39 is 0 Å². The molecule has 2 aliphatic heterocycles. The second-order valence-corrected chi connectivity index (χ2v) is 6.53. The predicted molar refractivity (Wildman–Crippen MR) is 98.8 cm³/mol. The lowest BCUT2D eigenvalue weighted by Crippen LogP contribution is -2.45. The molecule has 2 aromatic carbocycles. The van der Waals surface area contributed by atoms with E-state index in [2.05, 4.69) is 71.1 Å². The third-order valence-corrected chi connectivity index (χ3v) is 4.64. The zero-order valence-corrected chi connectivity index (χ0v) is 14.2. The van der Waals surface area contributed by atoms with Crippen molar-refractivity contribution in [2.75, 3.05) is 13.1 Å². The number of hydrazine groups is 1. The summed E-state index contributed by atoms with van der Waals surface area (Å²) < 4.78 is 0. The van der Waals surface area contributed by atoms with Gasteiger partial charge in [0.15, 0.2) is 0 Å². The van der Waals surface area contributed by atoms with E-state index in [0.29, 0.717) is 0 Å². The fourth-order valence-corrected chi connectivity index (χ4v) is 3.34. The number of nitrogens with one attached hydrogen (secondary N) is 2. The van der Waals surface area contributed by atoms with Crippen molar-refractivity contribution in [3.05, 3.63) is 69.8 Å². The standard InChI is InChI=1S/C20H22N4/c1-13-3-5-15-7-9-21-19(17(15)11-13)23-24-20-18-12-14(2)4-6-16(18)8-10-22-20/h3-6,11-12H,7-10H2,1-2H3,(H,21,23)(H,22,24). The molecule has 2 aliphatic rings. The van der Waals surface area contributed by atoms with Crippen LogP contribution < -0.4 is 10.9 Å². The Hall–Kier alpha value is -2.62. The summed E-state index contributed by atoms with van der Waals surface area (Å²) >= 11 is 0. The van der Waals surface area contributed by atoms with Gasteiger partial charge in [-0.2, -0.15) is 0 Å². The first-order valence-corrected chi connectivity index (χ1v) is 8.51. The third kappa shape index (κ3) is 2.80. The Kier molecular flexibility index (Phi) is 3.81. The average Bonchev–Trinajstić information content (AvgIpc) is 2.60. The van der Waals surface area contributed by atoms with Gasteiger partial charge in [0, 0.05) is 24.2 Å². The van der Waals surface area contributed by atoms with Crippen LogP contribution in [0.15, 0.2) is 46.4 Å². The van der Waals surface area contributed by atoms with Crippen LogP contribution in [0.25, 0.3) is 0 Å². The Morgan fingerprint density at radius 2 is 1.17 bits per heavy atom. The number of amidine groups is 2. The van der Waals surface area contributed by atoms with Crippen LogP contribution >= 0.6 is 0 Å². The van der Waals surface area contributed by atoms with Gasteiger partial charge in [-0.25, -0.2) is 0 Å². The molecule has 24 heavy (non-hydrogen) atoms. The number of rotatable bonds is 0. The summed E-state index contributed by atoms with van der Waals surface area (Å²) in [7, 11) is 0. The van der Waals surface area contributed by atoms with Gasteiger partial charge in [-0.1, -0.05) is 35.4 Å². The molecular formula is C20H22N4. The summed E-state index contributed by atoms with van der Waals surface area (Å²) in [6.45, 7) is 5.87. The smallest absolute Gasteiger partial charge is 0.147 e. The summed E-state index contributed by atoms with van der Waals surface area (Å²) in [4.78, 5) is 9.32. The van der Waals surface area contributed by atoms with E-state index in [1.807, 2.05) is 0 Å². The van der Waals surface area contributed by atoms with Gasteiger partial charge < -0.3 is 0 Å². The molecule has 4 rings (SSSR count). The molecule has 2 aromatic rings. The summed E-state index contributed by atoms with van der Waals surface area (Å²) in [6.07, 6.45) is 2.01. The van der Waals surface area contributed by atoms with Crippen molar-refractivity contribution in [2.45, 2.75) is 26.7 Å². The lowest BCUT2D eigenvalue weighted by Gasteiger charge is -2.23. The van der Waals surface area contributed by atoms with E-state index in [4.69, 9.17) is 0 Å². The molecule has 0 fully saturated rings. The zero-order chi connectivity index (χ0) is 16.5. The lowest BCUT2D eigenvalue weighted by atomic mass is 9.98. The molecule has 4 heteroatoms. The maximum atomic E-state index is 4.66. The molecule has 4 nitrogen and oxygen atoms in total. The molecular weight excluding hydrogens is 296 g/mol. The van der Waals surface area contributed by atoms with Crippen LogP contribution in [0.3, 0.4) is 0 Å². The van der Waals surface area contributed by atoms with Gasteiger partial charge in [-0.05, 0) is 49.9 Å². The fourth-order valence-electron chi connectivity index (χ4n) is 3.34. The molecule has 122 valence electrons. The summed E-state index contributed by atoms with van der Waals surface area (Å²) in [6, 6.07) is 13.1. The van der Waals surface area contributed by atoms with Gasteiger partial charge in [-0.3, -0.25) is 20.8 Å². The summed E-state index contributed by atoms with van der Waals surface area (Å²) in [5.74, 6) is 1.81. The van der Waals surface area contributed by atoms with E-state index >= 15 is 0 Å². The minimum Gasteiger partial charge on any atom is -0.283 e. The van der Waals surface area contributed by atoms with Crippen molar-refractivity contribution in [1.29, 1.82) is 0 Å². The van der Waals surface area contributed by atoms with Crippen LogP contribution in [-0.2, 0) is 12.8 Å². The number of hydrogen-bond acceptors (Lipinski definition) is 4. The molecule has 0 spiro atoms. The molecule has 0 atom stereocenters. The Labute approximate surface area is 142 Å². The molecule has 0 bridgehead atoms. The predicted octanol–water partition coefficient (Wildman–Crippen LogP) is 2.70. The second kappa shape index (κ2) is 6.11. The maximum Gasteiger partial charge on any atom is 0.147 e. The van der Waals surface area contributed by atoms with Gasteiger partial charge >= 0.3 is 0 Å². The van der Waals surface area contributed by atoms with Gasteiger partial charge in [0.05, 0.1) is 0 Å². The van der Waals surface area contributed by atoms with E-state index in [0.717, 1.165) is 37.6 Å². The number of hydrogen-bond donors (Lipinski definition) is 2. The molecule has 0 aliphatic carbocycles. The first kappa shape index (κ1) is 14.9. The van der Waals surface area contributed by atoms with Crippen LogP contribution in [0.1, 0.15) is 33.4 Å². The topological polar surface area (TPSA) is 48.8 Å². The van der Waals surface area contributed by atoms with E-state index in [-0.39, 0.29) is 0 Å². The quantitative estimate of drug-likeness (QED) is 0.734. The summed E-state index contributed by atoms with van der Waals surface area (Å²) in [5, 5.41) is 0. The Morgan fingerprint density at radius 3 is 1.62 bits per heavy atom. The van der Waals surface area contributed by atoms with Gasteiger partial charge in [0.25, 0.3) is 0 Å². The van der Waals surface area contributed by atoms with Crippen LogP contribution in [-0.4, -0.2) is 24.8 Å². The number of nitrogens with zero attached hydrogens (tertiary/aromatic N) is 2. The van der Waals surface area contributed by atoms with Crippen molar-refractivity contribution in [2.24, 2.45) is 9.98 Å². The molecule has 0 unspecified atom stereocenters. The first-order valence-electron chi connectivity index (χ1n) is 8.51. The molecule has 2 N–H and O–H groups in total. The van der Waals surface area contributed by atoms with Crippen molar-refractivity contribution in [3.8, 4) is 0 Å². The molecule has 0 aromatic heterocycles. The van der Waals surface area contributed by atoms with Crippen molar-refractivity contribution in [1.82, 2.24) is 10.9 Å². The van der Waals surface area contributed by atoms with E-state index in [9.17, 15) is 0 Å². The second-order valence-electron chi connectivity index (χ2n) is 6.53. The monoisotopic (exact) mass is 318 g/mol. The third-order valence-electron chi connectivity index (χ3n) is 4.64. The normalized spacial score (nSPS) is 15.8. The van der Waals surface area contributed by atoms with Gasteiger partial charge in [-0.15, -0.1) is 0 Å². The molecule has 0 saturated heterocycles. The summed E-state index contributed by atoms with van der Waals surface area (Å²) in [5.41, 5.74) is 14.2.